The molecule has 1 nitrogen and oxygen atoms in total. The van der Waals surface area contributed by atoms with E-state index in [1.54, 1.807) is 0 Å². The Labute approximate surface area is 50.7 Å². The van der Waals surface area contributed by atoms with E-state index >= 15 is 0 Å². The third-order valence-corrected chi connectivity index (χ3v) is 1.78. The summed E-state index contributed by atoms with van der Waals surface area (Å²) >= 11 is 0. The summed E-state index contributed by atoms with van der Waals surface area (Å²) in [4.78, 5) is 0. The molecule has 1 rings (SSSR count). The average molecular weight is 113 g/mol. The van der Waals surface area contributed by atoms with Crippen molar-refractivity contribution in [1.29, 1.82) is 0 Å². The van der Waals surface area contributed by atoms with Gasteiger partial charge in [0.15, 0.2) is 0 Å². The van der Waals surface area contributed by atoms with Crippen molar-refractivity contribution in [2.45, 2.75) is 25.7 Å². The maximum absolute atomic E-state index is 8.67. The fourth-order valence-electron chi connectivity index (χ4n) is 1.19. The zero-order chi connectivity index (χ0) is 5.82. The van der Waals surface area contributed by atoms with Gasteiger partial charge in [-0.25, -0.2) is 0 Å². The number of aliphatic hydroxyl groups excluding tert-OH is 1. The Hall–Kier alpha value is -0.0400. The smallest absolute Gasteiger partial charge is 0.0459 e. The van der Waals surface area contributed by atoms with E-state index in [1.165, 1.54) is 19.3 Å². The molecule has 0 aliphatic heterocycles. The van der Waals surface area contributed by atoms with Crippen molar-refractivity contribution in [1.82, 2.24) is 0 Å². The second kappa shape index (κ2) is 3.08. The van der Waals surface area contributed by atoms with Gasteiger partial charge in [-0.15, -0.1) is 0 Å². The maximum atomic E-state index is 8.67. The molecule has 1 fully saturated rings. The van der Waals surface area contributed by atoms with E-state index in [9.17, 15) is 0 Å². The van der Waals surface area contributed by atoms with E-state index in [-0.39, 0.29) is 0 Å². The fraction of sp³-hybridized carbons (Fsp3) is 0.857. The molecule has 1 saturated carbocycles. The van der Waals surface area contributed by atoms with E-state index in [0.29, 0.717) is 12.5 Å². The summed E-state index contributed by atoms with van der Waals surface area (Å²) < 4.78 is 0. The minimum Gasteiger partial charge on any atom is -0.396 e. The lowest BCUT2D eigenvalue weighted by Crippen LogP contribution is -2.10. The van der Waals surface area contributed by atoms with Crippen LogP contribution < -0.4 is 0 Å². The van der Waals surface area contributed by atoms with Crippen molar-refractivity contribution < 1.29 is 5.11 Å². The standard InChI is InChI=1S/C7H13O/c8-6-7-4-2-1-3-5-7/h2,7-8H,1,3-6H2. The third kappa shape index (κ3) is 1.48. The van der Waals surface area contributed by atoms with E-state index in [1.807, 2.05) is 0 Å². The summed E-state index contributed by atoms with van der Waals surface area (Å²) in [6, 6.07) is 0. The van der Waals surface area contributed by atoms with Gasteiger partial charge in [-0.05, 0) is 25.2 Å². The van der Waals surface area contributed by atoms with Crippen LogP contribution in [0.15, 0.2) is 0 Å². The van der Waals surface area contributed by atoms with Crippen LogP contribution in [0.2, 0.25) is 0 Å². The Balaban J connectivity index is 2.13. The van der Waals surface area contributed by atoms with Crippen LogP contribution in [0, 0.1) is 12.3 Å². The molecule has 0 saturated heterocycles. The number of aliphatic hydroxyl groups is 1. The van der Waals surface area contributed by atoms with Crippen molar-refractivity contribution in [3.05, 3.63) is 6.42 Å². The van der Waals surface area contributed by atoms with Crippen LogP contribution in [0.4, 0.5) is 0 Å². The molecule has 1 unspecified atom stereocenters. The van der Waals surface area contributed by atoms with Crippen LogP contribution in [-0.2, 0) is 0 Å². The molecule has 0 heterocycles. The molecule has 47 valence electrons. The first-order valence-corrected chi connectivity index (χ1v) is 3.36. The van der Waals surface area contributed by atoms with Crippen LogP contribution in [-0.4, -0.2) is 11.7 Å². The number of hydrogen-bond donors (Lipinski definition) is 1. The Morgan fingerprint density at radius 3 is 2.88 bits per heavy atom. The predicted octanol–water partition coefficient (Wildman–Crippen LogP) is 1.37. The largest absolute Gasteiger partial charge is 0.396 e. The van der Waals surface area contributed by atoms with Gasteiger partial charge in [0.05, 0.1) is 0 Å². The second-order valence-electron chi connectivity index (χ2n) is 2.50. The molecular weight excluding hydrogens is 100 g/mol. The van der Waals surface area contributed by atoms with Gasteiger partial charge in [0.25, 0.3) is 0 Å². The van der Waals surface area contributed by atoms with Gasteiger partial charge in [0.2, 0.25) is 0 Å². The van der Waals surface area contributed by atoms with Gasteiger partial charge in [0, 0.05) is 6.61 Å². The molecule has 1 aliphatic carbocycles. The van der Waals surface area contributed by atoms with Crippen molar-refractivity contribution >= 4 is 0 Å². The van der Waals surface area contributed by atoms with Crippen molar-refractivity contribution in [2.75, 3.05) is 6.61 Å². The number of hydrogen-bond acceptors (Lipinski definition) is 1. The summed E-state index contributed by atoms with van der Waals surface area (Å²) in [5.41, 5.74) is 0. The van der Waals surface area contributed by atoms with Gasteiger partial charge in [0.1, 0.15) is 0 Å². The Morgan fingerprint density at radius 1 is 1.62 bits per heavy atom. The van der Waals surface area contributed by atoms with Crippen molar-refractivity contribution in [3.63, 3.8) is 0 Å². The molecule has 1 N–H and O–H groups in total. The molecule has 0 aromatic heterocycles. The molecule has 8 heavy (non-hydrogen) atoms. The van der Waals surface area contributed by atoms with Crippen LogP contribution in [0.5, 0.6) is 0 Å². The summed E-state index contributed by atoms with van der Waals surface area (Å²) in [6.45, 7) is 0.385. The Kier molecular flexibility index (Phi) is 2.34. The third-order valence-electron chi connectivity index (χ3n) is 1.78. The summed E-state index contributed by atoms with van der Waals surface area (Å²) in [6.07, 6.45) is 7.19. The highest BCUT2D eigenvalue weighted by molar-refractivity contribution is 4.76. The highest BCUT2D eigenvalue weighted by atomic mass is 16.3. The molecule has 1 aliphatic rings. The van der Waals surface area contributed by atoms with Crippen molar-refractivity contribution in [3.8, 4) is 0 Å². The SMILES string of the molecule is OCC1C[CH]CCC1. The zero-order valence-electron chi connectivity index (χ0n) is 5.14. The highest BCUT2D eigenvalue weighted by Gasteiger charge is 2.10. The zero-order valence-corrected chi connectivity index (χ0v) is 5.14. The maximum Gasteiger partial charge on any atom is 0.0459 e. The van der Waals surface area contributed by atoms with Gasteiger partial charge in [-0.1, -0.05) is 12.8 Å². The van der Waals surface area contributed by atoms with Crippen LogP contribution >= 0.6 is 0 Å². The van der Waals surface area contributed by atoms with Crippen LogP contribution in [0.25, 0.3) is 0 Å². The molecular formula is C7H13O. The Bertz CT molecular complexity index is 55.4. The van der Waals surface area contributed by atoms with Gasteiger partial charge in [-0.2, -0.15) is 0 Å². The Morgan fingerprint density at radius 2 is 2.50 bits per heavy atom. The molecule has 1 radical (unpaired) electrons. The molecule has 0 spiro atoms. The molecule has 0 aromatic carbocycles. The normalized spacial score (nSPS) is 23.6. The molecule has 0 amide bonds. The first-order chi connectivity index (χ1) is 3.93. The minimum atomic E-state index is 0.385. The molecule has 0 bridgehead atoms. The summed E-state index contributed by atoms with van der Waals surface area (Å²) in [5, 5.41) is 8.67. The summed E-state index contributed by atoms with van der Waals surface area (Å²) in [5.74, 6) is 0.587. The van der Waals surface area contributed by atoms with Crippen LogP contribution in [0.1, 0.15) is 25.7 Å². The minimum absolute atomic E-state index is 0.385. The lowest BCUT2D eigenvalue weighted by molar-refractivity contribution is 0.205. The monoisotopic (exact) mass is 113 g/mol. The van der Waals surface area contributed by atoms with Crippen LogP contribution in [0.3, 0.4) is 0 Å². The molecule has 1 heteroatoms. The molecule has 1 atom stereocenters. The van der Waals surface area contributed by atoms with Crippen molar-refractivity contribution in [2.24, 2.45) is 5.92 Å². The summed E-state index contributed by atoms with van der Waals surface area (Å²) in [7, 11) is 0. The fourth-order valence-corrected chi connectivity index (χ4v) is 1.19. The van der Waals surface area contributed by atoms with Gasteiger partial charge < -0.3 is 5.11 Å². The lowest BCUT2D eigenvalue weighted by Gasteiger charge is -2.17. The van der Waals surface area contributed by atoms with E-state index in [4.69, 9.17) is 5.11 Å². The van der Waals surface area contributed by atoms with E-state index < -0.39 is 0 Å². The van der Waals surface area contributed by atoms with Gasteiger partial charge >= 0.3 is 0 Å². The number of rotatable bonds is 1. The predicted molar refractivity (Wildman–Crippen MR) is 33.3 cm³/mol. The van der Waals surface area contributed by atoms with Gasteiger partial charge in [-0.3, -0.25) is 0 Å². The first-order valence-electron chi connectivity index (χ1n) is 3.36. The quantitative estimate of drug-likeness (QED) is 0.544. The van der Waals surface area contributed by atoms with E-state index in [0.717, 1.165) is 6.42 Å². The second-order valence-corrected chi connectivity index (χ2v) is 2.50. The highest BCUT2D eigenvalue weighted by Crippen LogP contribution is 2.21. The lowest BCUT2D eigenvalue weighted by atomic mass is 9.90. The molecule has 0 aromatic rings. The van der Waals surface area contributed by atoms with E-state index in [2.05, 4.69) is 6.42 Å². The average Bonchev–Trinajstić information content (AvgIpc) is 1.90. The first kappa shape index (κ1) is 6.09. The topological polar surface area (TPSA) is 20.2 Å².